The molecule has 1 fully saturated rings. The molecule has 1 saturated heterocycles. The molecule has 0 saturated carbocycles. The highest BCUT2D eigenvalue weighted by molar-refractivity contribution is 7.15. The van der Waals surface area contributed by atoms with Crippen LogP contribution in [0.15, 0.2) is 60.1 Å². The van der Waals surface area contributed by atoms with Gasteiger partial charge in [0.05, 0.1) is 11.8 Å². The number of hydrogen-bond donors (Lipinski definition) is 1. The second-order valence-electron chi connectivity index (χ2n) is 9.00. The van der Waals surface area contributed by atoms with E-state index in [1.54, 1.807) is 11.3 Å². The van der Waals surface area contributed by atoms with Crippen molar-refractivity contribution in [1.82, 2.24) is 14.3 Å². The molecule has 0 spiro atoms. The Morgan fingerprint density at radius 2 is 1.88 bits per heavy atom. The van der Waals surface area contributed by atoms with Crippen molar-refractivity contribution in [3.63, 3.8) is 0 Å². The van der Waals surface area contributed by atoms with Gasteiger partial charge in [0.1, 0.15) is 0 Å². The number of ether oxygens (including phenoxy) is 1. The maximum absolute atomic E-state index is 13.2. The van der Waals surface area contributed by atoms with Crippen molar-refractivity contribution in [3.05, 3.63) is 76.9 Å². The van der Waals surface area contributed by atoms with Crippen molar-refractivity contribution >= 4 is 28.0 Å². The van der Waals surface area contributed by atoms with Crippen LogP contribution in [0.5, 0.6) is 0 Å². The van der Waals surface area contributed by atoms with Gasteiger partial charge in [0.2, 0.25) is 0 Å². The highest BCUT2D eigenvalue weighted by atomic mass is 32.1. The molecule has 1 unspecified atom stereocenters. The highest BCUT2D eigenvalue weighted by Crippen LogP contribution is 2.25. The molecule has 2 amide bonds. The molecule has 0 radical (unpaired) electrons. The van der Waals surface area contributed by atoms with E-state index in [2.05, 4.69) is 52.5 Å². The molecule has 7 heteroatoms. The summed E-state index contributed by atoms with van der Waals surface area (Å²) < 4.78 is 7.99. The third-order valence-corrected chi connectivity index (χ3v) is 7.20. The lowest BCUT2D eigenvalue weighted by Crippen LogP contribution is -2.41. The zero-order valence-corrected chi connectivity index (χ0v) is 20.5. The molecule has 1 aliphatic rings. The quantitative estimate of drug-likeness (QED) is 0.361. The smallest absolute Gasteiger partial charge is 0.321 e. The van der Waals surface area contributed by atoms with Crippen molar-refractivity contribution in [3.8, 4) is 11.3 Å². The Labute approximate surface area is 204 Å². The van der Waals surface area contributed by atoms with Gasteiger partial charge in [0.25, 0.3) is 0 Å². The number of anilines is 1. The second kappa shape index (κ2) is 9.99. The third kappa shape index (κ3) is 5.16. The lowest BCUT2D eigenvalue weighted by atomic mass is 10.1. The zero-order valence-electron chi connectivity index (χ0n) is 19.7. The molecule has 2 aromatic heterocycles. The average molecular weight is 475 g/mol. The van der Waals surface area contributed by atoms with Crippen molar-refractivity contribution in [2.24, 2.45) is 0 Å². The molecule has 4 aromatic rings. The summed E-state index contributed by atoms with van der Waals surface area (Å²) in [5, 5.41) is 5.20. The van der Waals surface area contributed by atoms with Crippen LogP contribution in [0.2, 0.25) is 0 Å². The molecule has 5 rings (SSSR count). The summed E-state index contributed by atoms with van der Waals surface area (Å²) in [7, 11) is 0. The summed E-state index contributed by atoms with van der Waals surface area (Å²) in [4.78, 5) is 20.8. The lowest BCUT2D eigenvalue weighted by molar-refractivity contribution is 0.0838. The van der Waals surface area contributed by atoms with Crippen LogP contribution in [-0.2, 0) is 11.2 Å². The summed E-state index contributed by atoms with van der Waals surface area (Å²) in [6, 6.07) is 16.3. The molecule has 0 bridgehead atoms. The van der Waals surface area contributed by atoms with Crippen LogP contribution in [0.1, 0.15) is 29.7 Å². The predicted molar refractivity (Wildman–Crippen MR) is 138 cm³/mol. The van der Waals surface area contributed by atoms with E-state index < -0.39 is 0 Å². The molecule has 6 nitrogen and oxygen atoms in total. The maximum Gasteiger partial charge on any atom is 0.321 e. The third-order valence-electron chi connectivity index (χ3n) is 6.31. The van der Waals surface area contributed by atoms with Gasteiger partial charge in [-0.2, -0.15) is 0 Å². The average Bonchev–Trinajstić information content (AvgIpc) is 3.57. The van der Waals surface area contributed by atoms with Crippen LogP contribution >= 0.6 is 11.3 Å². The summed E-state index contributed by atoms with van der Waals surface area (Å²) in [6.45, 7) is 6.12. The Morgan fingerprint density at radius 1 is 1.15 bits per heavy atom. The molecule has 34 heavy (non-hydrogen) atoms. The first-order valence-corrected chi connectivity index (χ1v) is 12.7. The van der Waals surface area contributed by atoms with E-state index in [-0.39, 0.29) is 12.1 Å². The molecule has 1 aliphatic heterocycles. The number of urea groups is 1. The number of hydrogen-bond acceptors (Lipinski definition) is 4. The van der Waals surface area contributed by atoms with Gasteiger partial charge in [-0.1, -0.05) is 47.5 Å². The van der Waals surface area contributed by atoms with E-state index in [9.17, 15) is 4.79 Å². The highest BCUT2D eigenvalue weighted by Gasteiger charge is 2.23. The Hall–Kier alpha value is -3.16. The predicted octanol–water partition coefficient (Wildman–Crippen LogP) is 5.94. The van der Waals surface area contributed by atoms with E-state index in [1.807, 2.05) is 36.1 Å². The van der Waals surface area contributed by atoms with Crippen molar-refractivity contribution in [1.29, 1.82) is 0 Å². The first-order valence-electron chi connectivity index (χ1n) is 11.8. The van der Waals surface area contributed by atoms with Crippen LogP contribution < -0.4 is 5.32 Å². The SMILES string of the molecule is Cc1ccc(NC(=O)N(CCc2csc3nc(-c4ccc(C)cc4)cn23)CC2CCCO2)cc1. The van der Waals surface area contributed by atoms with Crippen LogP contribution in [0, 0.1) is 13.8 Å². The Kier molecular flexibility index (Phi) is 6.65. The van der Waals surface area contributed by atoms with Crippen LogP contribution in [0.25, 0.3) is 16.2 Å². The number of nitrogens with zero attached hydrogens (tertiary/aromatic N) is 3. The number of imidazole rings is 1. The fourth-order valence-corrected chi connectivity index (χ4v) is 5.18. The first kappa shape index (κ1) is 22.6. The van der Waals surface area contributed by atoms with Gasteiger partial charge in [-0.15, -0.1) is 11.3 Å². The topological polar surface area (TPSA) is 58.9 Å². The number of aryl methyl sites for hydroxylation is 2. The molecule has 3 heterocycles. The number of benzene rings is 2. The minimum atomic E-state index is -0.0863. The summed E-state index contributed by atoms with van der Waals surface area (Å²) >= 11 is 1.64. The Balaban J connectivity index is 1.31. The van der Waals surface area contributed by atoms with E-state index in [1.165, 1.54) is 11.1 Å². The number of amides is 2. The van der Waals surface area contributed by atoms with Gasteiger partial charge in [-0.05, 0) is 38.8 Å². The number of aromatic nitrogens is 2. The standard InChI is InChI=1S/C27H30N4O2S/c1-19-5-9-21(10-6-19)25-17-31-23(18-34-27(31)29-25)13-14-30(16-24-4-3-15-33-24)26(32)28-22-11-7-20(2)8-12-22/h5-12,17-18,24H,3-4,13-16H2,1-2H3,(H,28,32). The molecular weight excluding hydrogens is 444 g/mol. The van der Waals surface area contributed by atoms with Gasteiger partial charge in [0.15, 0.2) is 4.96 Å². The summed E-state index contributed by atoms with van der Waals surface area (Å²) in [6.07, 6.45) is 5.01. The first-order chi connectivity index (χ1) is 16.5. The molecule has 1 N–H and O–H groups in total. The summed E-state index contributed by atoms with van der Waals surface area (Å²) in [5.41, 5.74) is 6.46. The van der Waals surface area contributed by atoms with Crippen molar-refractivity contribution in [2.45, 2.75) is 39.2 Å². The van der Waals surface area contributed by atoms with Gasteiger partial charge >= 0.3 is 6.03 Å². The molecular formula is C27H30N4O2S. The molecule has 0 aliphatic carbocycles. The fourth-order valence-electron chi connectivity index (χ4n) is 4.27. The van der Waals surface area contributed by atoms with E-state index in [4.69, 9.17) is 9.72 Å². The zero-order chi connectivity index (χ0) is 23.5. The number of fused-ring (bicyclic) bond motifs is 1. The van der Waals surface area contributed by atoms with Gasteiger partial charge in [-0.25, -0.2) is 9.78 Å². The van der Waals surface area contributed by atoms with Crippen LogP contribution in [0.3, 0.4) is 0 Å². The van der Waals surface area contributed by atoms with Gasteiger partial charge < -0.3 is 15.0 Å². The van der Waals surface area contributed by atoms with Crippen LogP contribution in [-0.4, -0.2) is 46.1 Å². The van der Waals surface area contributed by atoms with Crippen LogP contribution in [0.4, 0.5) is 10.5 Å². The minimum Gasteiger partial charge on any atom is -0.376 e. The molecule has 2 aromatic carbocycles. The van der Waals surface area contributed by atoms with E-state index in [0.29, 0.717) is 13.1 Å². The second-order valence-corrected chi connectivity index (χ2v) is 9.84. The number of nitrogens with one attached hydrogen (secondary N) is 1. The monoisotopic (exact) mass is 474 g/mol. The fraction of sp³-hybridized carbons (Fsp3) is 0.333. The molecule has 176 valence electrons. The normalized spacial score (nSPS) is 15.6. The number of rotatable bonds is 7. The number of carbonyl (C=O) groups excluding carboxylic acids is 1. The van der Waals surface area contributed by atoms with Crippen molar-refractivity contribution < 1.29 is 9.53 Å². The van der Waals surface area contributed by atoms with E-state index in [0.717, 1.165) is 53.5 Å². The Bertz CT molecular complexity index is 1250. The largest absolute Gasteiger partial charge is 0.376 e. The minimum absolute atomic E-state index is 0.0863. The van der Waals surface area contributed by atoms with E-state index >= 15 is 0 Å². The lowest BCUT2D eigenvalue weighted by Gasteiger charge is -2.25. The maximum atomic E-state index is 13.2. The Morgan fingerprint density at radius 3 is 2.59 bits per heavy atom. The number of carbonyl (C=O) groups is 1. The molecule has 1 atom stereocenters. The van der Waals surface area contributed by atoms with Gasteiger partial charge in [0, 0.05) is 54.6 Å². The van der Waals surface area contributed by atoms with Crippen molar-refractivity contribution in [2.75, 3.05) is 25.0 Å². The van der Waals surface area contributed by atoms with Gasteiger partial charge in [-0.3, -0.25) is 4.40 Å². The number of thiazole rings is 1. The summed E-state index contributed by atoms with van der Waals surface area (Å²) in [5.74, 6) is 0.